The van der Waals surface area contributed by atoms with Crippen LogP contribution in [0.15, 0.2) is 0 Å². The molecule has 0 radical (unpaired) electrons. The number of ether oxygens (including phenoxy) is 1. The predicted octanol–water partition coefficient (Wildman–Crippen LogP) is 4.72. The Morgan fingerprint density at radius 3 is 2.38 bits per heavy atom. The number of rotatable bonds is 8. The Labute approximate surface area is 134 Å². The zero-order valence-corrected chi connectivity index (χ0v) is 15.6. The van der Waals surface area contributed by atoms with Crippen molar-refractivity contribution in [1.82, 2.24) is 10.3 Å². The van der Waals surface area contributed by atoms with E-state index in [4.69, 9.17) is 9.72 Å². The molecule has 0 saturated heterocycles. The molecule has 1 unspecified atom stereocenters. The zero-order chi connectivity index (χ0) is 16.0. The van der Waals surface area contributed by atoms with Crippen LogP contribution in [0.25, 0.3) is 0 Å². The van der Waals surface area contributed by atoms with Crippen molar-refractivity contribution >= 4 is 11.3 Å². The molecule has 0 fully saturated rings. The van der Waals surface area contributed by atoms with Gasteiger partial charge in [-0.2, -0.15) is 0 Å². The minimum atomic E-state index is 0.0695. The van der Waals surface area contributed by atoms with Gasteiger partial charge in [-0.15, -0.1) is 11.3 Å². The SMILES string of the molecule is CCCc1nc(C(OCC)C(C)(C)C)sc1CNC(C)C. The molecule has 1 aromatic heterocycles. The lowest BCUT2D eigenvalue weighted by Gasteiger charge is -2.28. The molecule has 0 spiro atoms. The average molecular weight is 313 g/mol. The molecular formula is C17H32N2OS. The van der Waals surface area contributed by atoms with E-state index >= 15 is 0 Å². The first-order chi connectivity index (χ1) is 9.79. The second kappa shape index (κ2) is 8.25. The minimum Gasteiger partial charge on any atom is -0.371 e. The van der Waals surface area contributed by atoms with Gasteiger partial charge in [-0.1, -0.05) is 48.0 Å². The van der Waals surface area contributed by atoms with Gasteiger partial charge >= 0.3 is 0 Å². The molecule has 0 amide bonds. The summed E-state index contributed by atoms with van der Waals surface area (Å²) in [7, 11) is 0. The number of hydrogen-bond acceptors (Lipinski definition) is 4. The van der Waals surface area contributed by atoms with Gasteiger partial charge in [0.2, 0.25) is 0 Å². The maximum Gasteiger partial charge on any atom is 0.123 e. The van der Waals surface area contributed by atoms with Crippen LogP contribution in [0, 0.1) is 5.41 Å². The Balaban J connectivity index is 3.03. The fraction of sp³-hybridized carbons (Fsp3) is 0.824. The van der Waals surface area contributed by atoms with Gasteiger partial charge in [0.25, 0.3) is 0 Å². The van der Waals surface area contributed by atoms with E-state index in [1.54, 1.807) is 0 Å². The molecule has 0 aliphatic rings. The van der Waals surface area contributed by atoms with Crippen molar-refractivity contribution < 1.29 is 4.74 Å². The summed E-state index contributed by atoms with van der Waals surface area (Å²) in [6.45, 7) is 16.9. The van der Waals surface area contributed by atoms with Crippen LogP contribution in [0.5, 0.6) is 0 Å². The van der Waals surface area contributed by atoms with Crippen LogP contribution in [0.4, 0.5) is 0 Å². The molecule has 3 nitrogen and oxygen atoms in total. The molecule has 1 aromatic rings. The first kappa shape index (κ1) is 18.6. The first-order valence-electron chi connectivity index (χ1n) is 8.13. The highest BCUT2D eigenvalue weighted by Crippen LogP contribution is 2.39. The lowest BCUT2D eigenvalue weighted by Crippen LogP contribution is -2.21. The third-order valence-electron chi connectivity index (χ3n) is 3.30. The molecule has 0 bridgehead atoms. The van der Waals surface area contributed by atoms with Crippen molar-refractivity contribution in [2.45, 2.75) is 80.0 Å². The highest BCUT2D eigenvalue weighted by Gasteiger charge is 2.30. The summed E-state index contributed by atoms with van der Waals surface area (Å²) in [6, 6.07) is 0.496. The van der Waals surface area contributed by atoms with Gasteiger partial charge < -0.3 is 10.1 Å². The maximum atomic E-state index is 5.99. The third-order valence-corrected chi connectivity index (χ3v) is 4.44. The molecule has 1 N–H and O–H groups in total. The molecule has 1 heterocycles. The van der Waals surface area contributed by atoms with E-state index in [0.29, 0.717) is 6.04 Å². The van der Waals surface area contributed by atoms with Crippen molar-refractivity contribution in [3.8, 4) is 0 Å². The van der Waals surface area contributed by atoms with E-state index in [-0.39, 0.29) is 11.5 Å². The molecule has 122 valence electrons. The smallest absolute Gasteiger partial charge is 0.123 e. The summed E-state index contributed by atoms with van der Waals surface area (Å²) in [6.07, 6.45) is 2.26. The van der Waals surface area contributed by atoms with Gasteiger partial charge in [0.15, 0.2) is 0 Å². The second-order valence-corrected chi connectivity index (χ2v) is 8.02. The van der Waals surface area contributed by atoms with Crippen LogP contribution in [0.3, 0.4) is 0 Å². The van der Waals surface area contributed by atoms with Gasteiger partial charge in [0.05, 0.1) is 5.69 Å². The molecule has 1 rings (SSSR count). The van der Waals surface area contributed by atoms with Crippen LogP contribution in [0.1, 0.15) is 76.6 Å². The number of nitrogens with zero attached hydrogens (tertiary/aromatic N) is 1. The quantitative estimate of drug-likeness (QED) is 0.754. The van der Waals surface area contributed by atoms with E-state index in [9.17, 15) is 0 Å². The molecule has 1 atom stereocenters. The van der Waals surface area contributed by atoms with Crippen LogP contribution in [-0.2, 0) is 17.7 Å². The van der Waals surface area contributed by atoms with Crippen molar-refractivity contribution in [3.05, 3.63) is 15.6 Å². The average Bonchev–Trinajstić information content (AvgIpc) is 2.75. The molecule has 0 aromatic carbocycles. The van der Waals surface area contributed by atoms with Gasteiger partial charge in [-0.3, -0.25) is 0 Å². The van der Waals surface area contributed by atoms with Crippen molar-refractivity contribution in [1.29, 1.82) is 0 Å². The summed E-state index contributed by atoms with van der Waals surface area (Å²) in [4.78, 5) is 6.29. The van der Waals surface area contributed by atoms with Crippen LogP contribution < -0.4 is 5.32 Å². The highest BCUT2D eigenvalue weighted by molar-refractivity contribution is 7.11. The molecule has 4 heteroatoms. The van der Waals surface area contributed by atoms with Crippen LogP contribution >= 0.6 is 11.3 Å². The zero-order valence-electron chi connectivity index (χ0n) is 14.7. The Morgan fingerprint density at radius 2 is 1.90 bits per heavy atom. The van der Waals surface area contributed by atoms with Crippen molar-refractivity contribution in [2.75, 3.05) is 6.61 Å². The molecule has 0 saturated carbocycles. The van der Waals surface area contributed by atoms with Crippen molar-refractivity contribution in [2.24, 2.45) is 5.41 Å². The number of hydrogen-bond donors (Lipinski definition) is 1. The molecular weight excluding hydrogens is 280 g/mol. The Hall–Kier alpha value is -0.450. The molecule has 21 heavy (non-hydrogen) atoms. The standard InChI is InChI=1S/C17H32N2OS/c1-8-10-13-14(11-18-12(3)4)21-16(19-13)15(20-9-2)17(5,6)7/h12,15,18H,8-11H2,1-7H3. The molecule has 0 aliphatic heterocycles. The summed E-state index contributed by atoms with van der Waals surface area (Å²) in [5, 5.41) is 4.65. The maximum absolute atomic E-state index is 5.99. The van der Waals surface area contributed by atoms with E-state index < -0.39 is 0 Å². The second-order valence-electron chi connectivity index (χ2n) is 6.91. The Bertz CT molecular complexity index is 421. The van der Waals surface area contributed by atoms with Crippen molar-refractivity contribution in [3.63, 3.8) is 0 Å². The summed E-state index contributed by atoms with van der Waals surface area (Å²) in [5.41, 5.74) is 1.32. The van der Waals surface area contributed by atoms with Crippen LogP contribution in [0.2, 0.25) is 0 Å². The topological polar surface area (TPSA) is 34.1 Å². The van der Waals surface area contributed by atoms with E-state index in [1.807, 2.05) is 11.3 Å². The summed E-state index contributed by atoms with van der Waals surface area (Å²) < 4.78 is 5.99. The van der Waals surface area contributed by atoms with E-state index in [0.717, 1.165) is 31.0 Å². The Morgan fingerprint density at radius 1 is 1.24 bits per heavy atom. The van der Waals surface area contributed by atoms with Crippen LogP contribution in [-0.4, -0.2) is 17.6 Å². The minimum absolute atomic E-state index is 0.0695. The van der Waals surface area contributed by atoms with E-state index in [2.05, 4.69) is 53.8 Å². The fourth-order valence-corrected chi connectivity index (χ4v) is 3.60. The number of nitrogens with one attached hydrogen (secondary N) is 1. The first-order valence-corrected chi connectivity index (χ1v) is 8.94. The van der Waals surface area contributed by atoms with Gasteiger partial charge in [-0.25, -0.2) is 4.98 Å². The van der Waals surface area contributed by atoms with Gasteiger partial charge in [0, 0.05) is 24.1 Å². The number of thiazole rings is 1. The summed E-state index contributed by atoms with van der Waals surface area (Å²) in [5.74, 6) is 0. The normalized spacial score (nSPS) is 13.9. The fourth-order valence-electron chi connectivity index (χ4n) is 2.24. The highest BCUT2D eigenvalue weighted by atomic mass is 32.1. The largest absolute Gasteiger partial charge is 0.371 e. The van der Waals surface area contributed by atoms with Gasteiger partial charge in [-0.05, 0) is 18.8 Å². The van der Waals surface area contributed by atoms with E-state index in [1.165, 1.54) is 10.6 Å². The molecule has 0 aliphatic carbocycles. The lowest BCUT2D eigenvalue weighted by molar-refractivity contribution is -0.0134. The number of aromatic nitrogens is 1. The lowest BCUT2D eigenvalue weighted by atomic mass is 9.89. The monoisotopic (exact) mass is 312 g/mol. The Kier molecular flexibility index (Phi) is 7.31. The summed E-state index contributed by atoms with van der Waals surface area (Å²) >= 11 is 1.82. The van der Waals surface area contributed by atoms with Gasteiger partial charge in [0.1, 0.15) is 11.1 Å². The third kappa shape index (κ3) is 5.68. The number of aryl methyl sites for hydroxylation is 1. The predicted molar refractivity (Wildman–Crippen MR) is 91.9 cm³/mol.